The normalized spacial score (nSPS) is 10.8. The number of fused-ring (bicyclic) bond motifs is 1. The fraction of sp³-hybridized carbons (Fsp3) is 0.0625. The third-order valence-electron chi connectivity index (χ3n) is 3.17. The minimum absolute atomic E-state index is 0.0579. The van der Waals surface area contributed by atoms with Gasteiger partial charge < -0.3 is 9.52 Å². The van der Waals surface area contributed by atoms with Crippen LogP contribution in [-0.4, -0.2) is 11.1 Å². The highest BCUT2D eigenvalue weighted by Crippen LogP contribution is 2.39. The Bertz CT molecular complexity index is 728. The maximum atomic E-state index is 10.9. The van der Waals surface area contributed by atoms with Crippen molar-refractivity contribution >= 4 is 17.6 Å². The molecule has 1 aliphatic heterocycles. The van der Waals surface area contributed by atoms with E-state index in [1.807, 2.05) is 36.4 Å². The summed E-state index contributed by atoms with van der Waals surface area (Å²) in [4.78, 5) is 10.9. The third kappa shape index (κ3) is 2.28. The van der Waals surface area contributed by atoms with Gasteiger partial charge in [0.2, 0.25) is 0 Å². The first-order valence-electron chi connectivity index (χ1n) is 6.12. The van der Waals surface area contributed by atoms with Crippen molar-refractivity contribution in [2.45, 2.75) is 6.42 Å². The fourth-order valence-corrected chi connectivity index (χ4v) is 2.45. The van der Waals surface area contributed by atoms with E-state index in [1.54, 1.807) is 12.3 Å². The van der Waals surface area contributed by atoms with Gasteiger partial charge in [0.1, 0.15) is 5.76 Å². The Morgan fingerprint density at radius 2 is 1.90 bits per heavy atom. The first-order valence-corrected chi connectivity index (χ1v) is 6.50. The van der Waals surface area contributed by atoms with Crippen molar-refractivity contribution in [2.24, 2.45) is 0 Å². The molecule has 3 nitrogen and oxygen atoms in total. The molecule has 0 saturated carbocycles. The second-order valence-electron chi connectivity index (χ2n) is 4.52. The van der Waals surface area contributed by atoms with E-state index in [4.69, 9.17) is 21.1 Å². The van der Waals surface area contributed by atoms with Gasteiger partial charge in [-0.1, -0.05) is 23.7 Å². The van der Waals surface area contributed by atoms with E-state index in [1.165, 1.54) is 0 Å². The first-order chi connectivity index (χ1) is 9.65. The first kappa shape index (κ1) is 12.8. The van der Waals surface area contributed by atoms with Crippen LogP contribution in [0, 0.1) is 0 Å². The molecule has 2 aliphatic rings. The Morgan fingerprint density at radius 3 is 2.60 bits per heavy atom. The molecule has 1 heterocycles. The molecule has 4 heteroatoms. The molecule has 0 atom stereocenters. The molecule has 0 unspecified atom stereocenters. The summed E-state index contributed by atoms with van der Waals surface area (Å²) in [5.74, 6) is -0.251. The van der Waals surface area contributed by atoms with Crippen molar-refractivity contribution in [2.75, 3.05) is 0 Å². The quantitative estimate of drug-likeness (QED) is 0.779. The van der Waals surface area contributed by atoms with Crippen molar-refractivity contribution in [3.8, 4) is 22.5 Å². The average Bonchev–Trinajstić information content (AvgIpc) is 2.78. The van der Waals surface area contributed by atoms with Gasteiger partial charge in [-0.05, 0) is 41.5 Å². The number of hydrogen-bond acceptors (Lipinski definition) is 2. The maximum Gasteiger partial charge on any atom is 0.307 e. The zero-order chi connectivity index (χ0) is 14.1. The SMILES string of the molecule is O=C(O)Cc1cc(-c2ccc(Cl)cc2)c2cccoc1-2. The molecule has 0 saturated heterocycles. The highest BCUT2D eigenvalue weighted by atomic mass is 35.5. The average molecular weight is 287 g/mol. The minimum Gasteiger partial charge on any atom is -0.481 e. The zero-order valence-electron chi connectivity index (χ0n) is 10.5. The molecule has 0 aromatic heterocycles. The maximum absolute atomic E-state index is 10.9. The van der Waals surface area contributed by atoms with Crippen LogP contribution < -0.4 is 0 Å². The van der Waals surface area contributed by atoms with Crippen LogP contribution in [0.15, 0.2) is 53.1 Å². The van der Waals surface area contributed by atoms with E-state index >= 15 is 0 Å². The number of carboxylic acid groups (broad SMARTS) is 1. The Kier molecular flexibility index (Phi) is 3.20. The van der Waals surface area contributed by atoms with Gasteiger partial charge in [-0.15, -0.1) is 0 Å². The molecule has 0 amide bonds. The van der Waals surface area contributed by atoms with Gasteiger partial charge in [-0.25, -0.2) is 0 Å². The number of aliphatic carboxylic acids is 1. The van der Waals surface area contributed by atoms with Gasteiger partial charge in [0.05, 0.1) is 12.7 Å². The number of carboxylic acids is 1. The Morgan fingerprint density at radius 1 is 1.15 bits per heavy atom. The Balaban J connectivity index is 2.15. The van der Waals surface area contributed by atoms with Gasteiger partial charge >= 0.3 is 5.97 Å². The predicted octanol–water partition coefficient (Wildman–Crippen LogP) is 4.33. The van der Waals surface area contributed by atoms with Crippen molar-refractivity contribution in [1.82, 2.24) is 0 Å². The second kappa shape index (κ2) is 5.02. The topological polar surface area (TPSA) is 50.4 Å². The van der Waals surface area contributed by atoms with E-state index in [0.717, 1.165) is 16.7 Å². The van der Waals surface area contributed by atoms with Gasteiger partial charge in [-0.2, -0.15) is 0 Å². The summed E-state index contributed by atoms with van der Waals surface area (Å²) in [5, 5.41) is 9.65. The molecule has 3 rings (SSSR count). The highest BCUT2D eigenvalue weighted by molar-refractivity contribution is 6.30. The van der Waals surface area contributed by atoms with Crippen LogP contribution in [0.25, 0.3) is 22.5 Å². The van der Waals surface area contributed by atoms with Gasteiger partial charge in [0.15, 0.2) is 0 Å². The van der Waals surface area contributed by atoms with Crippen LogP contribution >= 0.6 is 11.6 Å². The summed E-state index contributed by atoms with van der Waals surface area (Å²) in [6.07, 6.45) is 1.50. The molecule has 1 aromatic rings. The summed E-state index contributed by atoms with van der Waals surface area (Å²) in [6, 6.07) is 13.0. The van der Waals surface area contributed by atoms with Crippen molar-refractivity contribution in [3.05, 3.63) is 59.3 Å². The largest absolute Gasteiger partial charge is 0.481 e. The van der Waals surface area contributed by atoms with Crippen molar-refractivity contribution < 1.29 is 14.3 Å². The summed E-state index contributed by atoms with van der Waals surface area (Å²) in [6.45, 7) is 0. The van der Waals surface area contributed by atoms with E-state index in [-0.39, 0.29) is 6.42 Å². The number of hydrogen-bond donors (Lipinski definition) is 1. The lowest BCUT2D eigenvalue weighted by atomic mass is 10.0. The molecule has 1 aromatic carbocycles. The number of halogens is 1. The smallest absolute Gasteiger partial charge is 0.307 e. The minimum atomic E-state index is -0.876. The van der Waals surface area contributed by atoms with Gasteiger partial charge in [0.25, 0.3) is 0 Å². The molecule has 20 heavy (non-hydrogen) atoms. The van der Waals surface area contributed by atoms with Crippen LogP contribution in [0.4, 0.5) is 0 Å². The fourth-order valence-electron chi connectivity index (χ4n) is 2.32. The lowest BCUT2D eigenvalue weighted by Gasteiger charge is -2.03. The molecule has 0 bridgehead atoms. The van der Waals surface area contributed by atoms with Gasteiger partial charge in [0, 0.05) is 16.1 Å². The lowest BCUT2D eigenvalue weighted by Crippen LogP contribution is -1.99. The van der Waals surface area contributed by atoms with Crippen LogP contribution in [0.3, 0.4) is 0 Å². The van der Waals surface area contributed by atoms with Crippen molar-refractivity contribution in [1.29, 1.82) is 0 Å². The summed E-state index contributed by atoms with van der Waals surface area (Å²) in [5.41, 5.74) is 3.53. The molecule has 1 aliphatic carbocycles. The molecule has 1 N–H and O–H groups in total. The van der Waals surface area contributed by atoms with Gasteiger partial charge in [-0.3, -0.25) is 4.79 Å². The van der Waals surface area contributed by atoms with Crippen molar-refractivity contribution in [3.63, 3.8) is 0 Å². The Labute approximate surface area is 120 Å². The molecular weight excluding hydrogens is 276 g/mol. The summed E-state index contributed by atoms with van der Waals surface area (Å²) < 4.78 is 5.48. The van der Waals surface area contributed by atoms with Crippen LogP contribution in [0.2, 0.25) is 5.02 Å². The van der Waals surface area contributed by atoms with Crippen LogP contribution in [0.5, 0.6) is 0 Å². The molecule has 0 radical (unpaired) electrons. The number of rotatable bonds is 3. The zero-order valence-corrected chi connectivity index (χ0v) is 11.2. The van der Waals surface area contributed by atoms with E-state index in [2.05, 4.69) is 0 Å². The summed E-state index contributed by atoms with van der Waals surface area (Å²) >= 11 is 5.90. The lowest BCUT2D eigenvalue weighted by molar-refractivity contribution is -0.136. The third-order valence-corrected chi connectivity index (χ3v) is 3.42. The number of benzene rings is 1. The monoisotopic (exact) mass is 286 g/mol. The second-order valence-corrected chi connectivity index (χ2v) is 4.95. The van der Waals surface area contributed by atoms with E-state index in [0.29, 0.717) is 16.3 Å². The predicted molar refractivity (Wildman–Crippen MR) is 77.1 cm³/mol. The number of carbonyl (C=O) groups is 1. The summed E-state index contributed by atoms with van der Waals surface area (Å²) in [7, 11) is 0. The molecule has 100 valence electrons. The molecule has 0 spiro atoms. The molecular formula is C16H11ClO3. The van der Waals surface area contributed by atoms with Crippen LogP contribution in [0.1, 0.15) is 5.56 Å². The van der Waals surface area contributed by atoms with E-state index < -0.39 is 5.97 Å². The van der Waals surface area contributed by atoms with E-state index in [9.17, 15) is 4.79 Å². The highest BCUT2D eigenvalue weighted by Gasteiger charge is 2.20. The molecule has 0 fully saturated rings. The van der Waals surface area contributed by atoms with Crippen LogP contribution in [-0.2, 0) is 11.2 Å². The Hall–Kier alpha value is -2.26. The standard InChI is InChI=1S/C16H11ClO3/c17-12-5-3-10(4-6-12)14-8-11(9-15(18)19)16-13(14)2-1-7-20-16/h1-8H,9H2,(H,18,19).